The third kappa shape index (κ3) is 4.09. The Hall–Kier alpha value is -1.89. The first kappa shape index (κ1) is 19.4. The Balaban J connectivity index is 1.40. The molecule has 0 radical (unpaired) electrons. The predicted octanol–water partition coefficient (Wildman–Crippen LogP) is 2.65. The van der Waals surface area contributed by atoms with Crippen LogP contribution in [0, 0.1) is 0 Å². The number of likely N-dealkylation sites (tertiary alicyclic amines) is 1. The highest BCUT2D eigenvalue weighted by molar-refractivity contribution is 7.90. The van der Waals surface area contributed by atoms with Crippen LogP contribution in [0.4, 0.5) is 5.69 Å². The van der Waals surface area contributed by atoms with Crippen molar-refractivity contribution in [2.45, 2.75) is 36.3 Å². The molecule has 28 heavy (non-hydrogen) atoms. The maximum absolute atomic E-state index is 11.6. The topological polar surface area (TPSA) is 60.9 Å². The Morgan fingerprint density at radius 2 is 1.86 bits per heavy atom. The fourth-order valence-electron chi connectivity index (χ4n) is 4.46. The van der Waals surface area contributed by atoms with Gasteiger partial charge < -0.3 is 10.0 Å². The number of hydrogen-bond acceptors (Lipinski definition) is 5. The van der Waals surface area contributed by atoms with Gasteiger partial charge in [0.1, 0.15) is 0 Å². The summed E-state index contributed by atoms with van der Waals surface area (Å²) in [6.45, 7) is 3.65. The number of aliphatic hydroxyl groups is 1. The van der Waals surface area contributed by atoms with E-state index >= 15 is 0 Å². The van der Waals surface area contributed by atoms with Crippen LogP contribution in [0.2, 0.25) is 0 Å². The second kappa shape index (κ2) is 7.85. The quantitative estimate of drug-likeness (QED) is 0.808. The largest absolute Gasteiger partial charge is 0.387 e. The molecule has 2 unspecified atom stereocenters. The smallest absolute Gasteiger partial charge is 0.175 e. The standard InChI is InChI=1S/C22H28N2O3S/c1-28(26,27)20-10-8-18(9-11-20)22(25)16-23-13-4-6-19(23)15-24-14-12-17-5-2-3-7-21(17)24/h2-3,5,7-11,19,22,25H,4,6,12-16H2,1H3. The average molecular weight is 401 g/mol. The molecule has 2 aromatic rings. The number of aliphatic hydroxyl groups excluding tert-OH is 1. The van der Waals surface area contributed by atoms with Crippen molar-refractivity contribution in [3.8, 4) is 0 Å². The number of para-hydroxylation sites is 1. The zero-order chi connectivity index (χ0) is 19.7. The van der Waals surface area contributed by atoms with Gasteiger partial charge in [0.05, 0.1) is 11.0 Å². The third-order valence-electron chi connectivity index (χ3n) is 6.01. The van der Waals surface area contributed by atoms with Crippen LogP contribution in [0.15, 0.2) is 53.4 Å². The van der Waals surface area contributed by atoms with Gasteiger partial charge in [-0.25, -0.2) is 8.42 Å². The van der Waals surface area contributed by atoms with Gasteiger partial charge in [-0.3, -0.25) is 4.90 Å². The van der Waals surface area contributed by atoms with Gasteiger partial charge >= 0.3 is 0 Å². The van der Waals surface area contributed by atoms with Gasteiger partial charge in [-0.2, -0.15) is 0 Å². The van der Waals surface area contributed by atoms with Crippen LogP contribution in [-0.4, -0.2) is 56.9 Å². The number of hydrogen-bond donors (Lipinski definition) is 1. The summed E-state index contributed by atoms with van der Waals surface area (Å²) in [5, 5.41) is 10.7. The van der Waals surface area contributed by atoms with Crippen molar-refractivity contribution in [3.63, 3.8) is 0 Å². The molecular formula is C22H28N2O3S. The van der Waals surface area contributed by atoms with Crippen molar-refractivity contribution >= 4 is 15.5 Å². The summed E-state index contributed by atoms with van der Waals surface area (Å²) in [4.78, 5) is 5.15. The molecule has 4 rings (SSSR count). The van der Waals surface area contributed by atoms with Crippen LogP contribution < -0.4 is 4.90 Å². The highest BCUT2D eigenvalue weighted by Crippen LogP contribution is 2.30. The van der Waals surface area contributed by atoms with E-state index in [1.807, 2.05) is 0 Å². The number of fused-ring (bicyclic) bond motifs is 1. The number of nitrogens with zero attached hydrogens (tertiary/aromatic N) is 2. The van der Waals surface area contributed by atoms with Crippen LogP contribution in [0.25, 0.3) is 0 Å². The molecule has 1 N–H and O–H groups in total. The lowest BCUT2D eigenvalue weighted by Gasteiger charge is -2.31. The normalized spacial score (nSPS) is 21.1. The minimum absolute atomic E-state index is 0.287. The Bertz CT molecular complexity index is 927. The molecule has 150 valence electrons. The van der Waals surface area contributed by atoms with E-state index in [0.717, 1.165) is 44.5 Å². The van der Waals surface area contributed by atoms with E-state index < -0.39 is 15.9 Å². The fourth-order valence-corrected chi connectivity index (χ4v) is 5.09. The molecule has 0 amide bonds. The summed E-state index contributed by atoms with van der Waals surface area (Å²) >= 11 is 0. The lowest BCUT2D eigenvalue weighted by atomic mass is 10.1. The molecule has 2 aliphatic rings. The van der Waals surface area contributed by atoms with Gasteiger partial charge in [-0.05, 0) is 55.1 Å². The van der Waals surface area contributed by atoms with Crippen molar-refractivity contribution in [2.75, 3.05) is 37.3 Å². The molecule has 0 aliphatic carbocycles. The lowest BCUT2D eigenvalue weighted by Crippen LogP contribution is -2.41. The van der Waals surface area contributed by atoms with Crippen molar-refractivity contribution in [3.05, 3.63) is 59.7 Å². The molecule has 0 aromatic heterocycles. The van der Waals surface area contributed by atoms with Crippen LogP contribution >= 0.6 is 0 Å². The molecule has 0 spiro atoms. The summed E-state index contributed by atoms with van der Waals surface area (Å²) in [5.41, 5.74) is 3.55. The summed E-state index contributed by atoms with van der Waals surface area (Å²) in [6.07, 6.45) is 4.00. The fraction of sp³-hybridized carbons (Fsp3) is 0.455. The molecule has 2 heterocycles. The Labute approximate surface area is 167 Å². The average Bonchev–Trinajstić information content (AvgIpc) is 3.29. The first-order chi connectivity index (χ1) is 13.4. The van der Waals surface area contributed by atoms with E-state index in [0.29, 0.717) is 12.6 Å². The Morgan fingerprint density at radius 3 is 2.61 bits per heavy atom. The Morgan fingerprint density at radius 1 is 1.11 bits per heavy atom. The highest BCUT2D eigenvalue weighted by Gasteiger charge is 2.30. The van der Waals surface area contributed by atoms with Crippen molar-refractivity contribution < 1.29 is 13.5 Å². The van der Waals surface area contributed by atoms with Gasteiger partial charge in [0.15, 0.2) is 9.84 Å². The molecule has 0 saturated carbocycles. The zero-order valence-electron chi connectivity index (χ0n) is 16.3. The monoisotopic (exact) mass is 400 g/mol. The van der Waals surface area contributed by atoms with Gasteiger partial charge in [-0.15, -0.1) is 0 Å². The minimum Gasteiger partial charge on any atom is -0.387 e. The van der Waals surface area contributed by atoms with Crippen molar-refractivity contribution in [2.24, 2.45) is 0 Å². The number of β-amino-alcohol motifs (C(OH)–C–C–N with tert-alkyl or cyclic N) is 1. The number of sulfone groups is 1. The number of anilines is 1. The van der Waals surface area contributed by atoms with Crippen LogP contribution in [0.3, 0.4) is 0 Å². The maximum Gasteiger partial charge on any atom is 0.175 e. The van der Waals surface area contributed by atoms with Crippen LogP contribution in [-0.2, 0) is 16.3 Å². The second-order valence-electron chi connectivity index (χ2n) is 7.97. The van der Waals surface area contributed by atoms with Crippen molar-refractivity contribution in [1.82, 2.24) is 4.90 Å². The highest BCUT2D eigenvalue weighted by atomic mass is 32.2. The number of benzene rings is 2. The molecule has 5 nitrogen and oxygen atoms in total. The lowest BCUT2D eigenvalue weighted by molar-refractivity contribution is 0.107. The van der Waals surface area contributed by atoms with E-state index in [2.05, 4.69) is 34.1 Å². The first-order valence-corrected chi connectivity index (χ1v) is 11.9. The molecule has 2 aromatic carbocycles. The SMILES string of the molecule is CS(=O)(=O)c1ccc(C(O)CN2CCCC2CN2CCc3ccccc32)cc1. The Kier molecular flexibility index (Phi) is 5.45. The third-order valence-corrected chi connectivity index (χ3v) is 7.14. The molecular weight excluding hydrogens is 372 g/mol. The summed E-state index contributed by atoms with van der Waals surface area (Å²) < 4.78 is 23.2. The number of rotatable bonds is 6. The van der Waals surface area contributed by atoms with E-state index in [-0.39, 0.29) is 4.90 Å². The molecule has 6 heteroatoms. The summed E-state index contributed by atoms with van der Waals surface area (Å²) in [6, 6.07) is 15.7. The van der Waals surface area contributed by atoms with Gasteiger partial charge in [0, 0.05) is 37.6 Å². The van der Waals surface area contributed by atoms with Crippen LogP contribution in [0.5, 0.6) is 0 Å². The second-order valence-corrected chi connectivity index (χ2v) is 9.99. The van der Waals surface area contributed by atoms with Gasteiger partial charge in [0.25, 0.3) is 0 Å². The molecule has 0 bridgehead atoms. The van der Waals surface area contributed by atoms with Crippen LogP contribution in [0.1, 0.15) is 30.1 Å². The van der Waals surface area contributed by atoms with E-state index in [9.17, 15) is 13.5 Å². The van der Waals surface area contributed by atoms with Gasteiger partial charge in [-0.1, -0.05) is 30.3 Å². The molecule has 2 aliphatic heterocycles. The van der Waals surface area contributed by atoms with Crippen molar-refractivity contribution in [1.29, 1.82) is 0 Å². The van der Waals surface area contributed by atoms with E-state index in [1.165, 1.54) is 17.5 Å². The minimum atomic E-state index is -3.21. The summed E-state index contributed by atoms with van der Waals surface area (Å²) in [7, 11) is -3.21. The molecule has 1 saturated heterocycles. The predicted molar refractivity (Wildman–Crippen MR) is 111 cm³/mol. The summed E-state index contributed by atoms with van der Waals surface area (Å²) in [5.74, 6) is 0. The zero-order valence-corrected chi connectivity index (χ0v) is 17.1. The van der Waals surface area contributed by atoms with E-state index in [1.54, 1.807) is 24.3 Å². The molecule has 1 fully saturated rings. The maximum atomic E-state index is 11.6. The van der Waals surface area contributed by atoms with Gasteiger partial charge in [0.2, 0.25) is 0 Å². The van der Waals surface area contributed by atoms with E-state index in [4.69, 9.17) is 0 Å². The first-order valence-electron chi connectivity index (χ1n) is 9.97. The molecule has 2 atom stereocenters.